The molecule has 0 aromatic carbocycles. The fourth-order valence-corrected chi connectivity index (χ4v) is 2.78. The minimum atomic E-state index is -0.0533. The standard InChI is InChI=1S/C17H23N5O2/c1-2-15-18-6-7-22(15)12-16(23)19-9-13-10-20-17(21-11-13)14-5-3-4-8-24-14/h6-7,10-11,14H,2-5,8-9,12H2,1H3,(H,19,23)/t14-/m0/s1. The van der Waals surface area contributed by atoms with Crippen LogP contribution in [0.3, 0.4) is 0 Å². The molecule has 0 radical (unpaired) electrons. The molecule has 128 valence electrons. The van der Waals surface area contributed by atoms with Gasteiger partial charge < -0.3 is 14.6 Å². The molecule has 0 spiro atoms. The monoisotopic (exact) mass is 329 g/mol. The van der Waals surface area contributed by atoms with Gasteiger partial charge in [-0.25, -0.2) is 15.0 Å². The van der Waals surface area contributed by atoms with Crippen molar-refractivity contribution < 1.29 is 9.53 Å². The lowest BCUT2D eigenvalue weighted by Crippen LogP contribution is -2.27. The Bertz CT molecular complexity index is 662. The second kappa shape index (κ2) is 8.01. The van der Waals surface area contributed by atoms with Crippen LogP contribution in [0.15, 0.2) is 24.8 Å². The molecule has 2 aromatic rings. The Hall–Kier alpha value is -2.28. The smallest absolute Gasteiger partial charge is 0.240 e. The van der Waals surface area contributed by atoms with E-state index in [1.165, 1.54) is 0 Å². The van der Waals surface area contributed by atoms with Crippen LogP contribution in [0.25, 0.3) is 0 Å². The van der Waals surface area contributed by atoms with Crippen molar-refractivity contribution in [1.29, 1.82) is 0 Å². The summed E-state index contributed by atoms with van der Waals surface area (Å²) in [5.41, 5.74) is 0.879. The molecule has 24 heavy (non-hydrogen) atoms. The fraction of sp³-hybridized carbons (Fsp3) is 0.529. The lowest BCUT2D eigenvalue weighted by atomic mass is 10.1. The summed E-state index contributed by atoms with van der Waals surface area (Å²) in [6.45, 7) is 3.49. The van der Waals surface area contributed by atoms with E-state index < -0.39 is 0 Å². The van der Waals surface area contributed by atoms with Crippen LogP contribution in [0, 0.1) is 0 Å². The Morgan fingerprint density at radius 3 is 2.88 bits per heavy atom. The van der Waals surface area contributed by atoms with Gasteiger partial charge in [0.1, 0.15) is 18.5 Å². The van der Waals surface area contributed by atoms with Crippen LogP contribution in [0.1, 0.15) is 49.5 Å². The van der Waals surface area contributed by atoms with Crippen LogP contribution >= 0.6 is 0 Å². The van der Waals surface area contributed by atoms with Crippen molar-refractivity contribution in [2.45, 2.75) is 51.8 Å². The minimum absolute atomic E-state index is 0.0103. The number of rotatable bonds is 6. The first-order valence-electron chi connectivity index (χ1n) is 8.45. The second-order valence-corrected chi connectivity index (χ2v) is 5.91. The zero-order valence-corrected chi connectivity index (χ0v) is 13.9. The van der Waals surface area contributed by atoms with Gasteiger partial charge in [-0.15, -0.1) is 0 Å². The van der Waals surface area contributed by atoms with E-state index in [1.54, 1.807) is 18.6 Å². The van der Waals surface area contributed by atoms with Gasteiger partial charge in [0.15, 0.2) is 5.82 Å². The molecule has 0 aliphatic carbocycles. The fourth-order valence-electron chi connectivity index (χ4n) is 2.78. The van der Waals surface area contributed by atoms with Gasteiger partial charge in [-0.2, -0.15) is 0 Å². The number of ether oxygens (including phenoxy) is 1. The van der Waals surface area contributed by atoms with Gasteiger partial charge in [-0.05, 0) is 19.3 Å². The number of hydrogen-bond donors (Lipinski definition) is 1. The normalized spacial score (nSPS) is 17.6. The maximum atomic E-state index is 12.0. The van der Waals surface area contributed by atoms with Crippen LogP contribution < -0.4 is 5.32 Å². The van der Waals surface area contributed by atoms with Crippen molar-refractivity contribution in [3.63, 3.8) is 0 Å². The molecule has 7 heteroatoms. The molecule has 3 heterocycles. The van der Waals surface area contributed by atoms with Crippen LogP contribution in [-0.4, -0.2) is 32.0 Å². The number of aryl methyl sites for hydroxylation is 1. The molecule has 1 aliphatic rings. The van der Waals surface area contributed by atoms with Gasteiger partial charge in [0.05, 0.1) is 0 Å². The first kappa shape index (κ1) is 16.6. The molecular formula is C17H23N5O2. The molecule has 1 aliphatic heterocycles. The zero-order valence-electron chi connectivity index (χ0n) is 13.9. The van der Waals surface area contributed by atoms with Crippen molar-refractivity contribution in [3.8, 4) is 0 Å². The first-order valence-corrected chi connectivity index (χ1v) is 8.45. The topological polar surface area (TPSA) is 81.9 Å². The molecular weight excluding hydrogens is 306 g/mol. The van der Waals surface area contributed by atoms with Gasteiger partial charge in [0.25, 0.3) is 0 Å². The van der Waals surface area contributed by atoms with Gasteiger partial charge in [0.2, 0.25) is 5.91 Å². The van der Waals surface area contributed by atoms with Gasteiger partial charge in [-0.1, -0.05) is 6.92 Å². The van der Waals surface area contributed by atoms with Gasteiger partial charge in [0, 0.05) is 49.9 Å². The van der Waals surface area contributed by atoms with E-state index in [9.17, 15) is 4.79 Å². The highest BCUT2D eigenvalue weighted by atomic mass is 16.5. The first-order chi connectivity index (χ1) is 11.8. The summed E-state index contributed by atoms with van der Waals surface area (Å²) in [6, 6.07) is 0. The van der Waals surface area contributed by atoms with E-state index >= 15 is 0 Å². The largest absolute Gasteiger partial charge is 0.370 e. The summed E-state index contributed by atoms with van der Waals surface area (Å²) in [7, 11) is 0. The molecule has 1 N–H and O–H groups in total. The number of carbonyl (C=O) groups excluding carboxylic acids is 1. The molecule has 2 aromatic heterocycles. The van der Waals surface area contributed by atoms with Crippen molar-refractivity contribution in [3.05, 3.63) is 42.0 Å². The predicted octanol–water partition coefficient (Wildman–Crippen LogP) is 1.79. The summed E-state index contributed by atoms with van der Waals surface area (Å²) in [5, 5.41) is 2.89. The van der Waals surface area contributed by atoms with Crippen molar-refractivity contribution in [2.75, 3.05) is 6.61 Å². The lowest BCUT2D eigenvalue weighted by molar-refractivity contribution is -0.121. The highest BCUT2D eigenvalue weighted by molar-refractivity contribution is 5.75. The molecule has 1 amide bonds. The molecule has 1 saturated heterocycles. The van der Waals surface area contributed by atoms with Crippen LogP contribution in [0.4, 0.5) is 0 Å². The molecule has 3 rings (SSSR count). The van der Waals surface area contributed by atoms with E-state index in [2.05, 4.69) is 20.3 Å². The number of nitrogens with zero attached hydrogens (tertiary/aromatic N) is 4. The Balaban J connectivity index is 1.50. The Labute approximate surface area is 141 Å². The molecule has 0 bridgehead atoms. The van der Waals surface area contributed by atoms with E-state index in [4.69, 9.17) is 4.74 Å². The average Bonchev–Trinajstić information content (AvgIpc) is 3.08. The van der Waals surface area contributed by atoms with Crippen LogP contribution in [0.5, 0.6) is 0 Å². The highest BCUT2D eigenvalue weighted by Gasteiger charge is 2.18. The zero-order chi connectivity index (χ0) is 16.8. The minimum Gasteiger partial charge on any atom is -0.370 e. The Kier molecular flexibility index (Phi) is 5.53. The van der Waals surface area contributed by atoms with Crippen molar-refractivity contribution >= 4 is 5.91 Å². The Morgan fingerprint density at radius 1 is 1.33 bits per heavy atom. The molecule has 0 unspecified atom stereocenters. The van der Waals surface area contributed by atoms with Crippen molar-refractivity contribution in [2.24, 2.45) is 0 Å². The van der Waals surface area contributed by atoms with E-state index in [0.717, 1.165) is 49.5 Å². The third-order valence-electron chi connectivity index (χ3n) is 4.11. The molecule has 1 atom stereocenters. The number of imidazole rings is 1. The third kappa shape index (κ3) is 4.17. The third-order valence-corrected chi connectivity index (χ3v) is 4.11. The number of hydrogen-bond acceptors (Lipinski definition) is 5. The van der Waals surface area contributed by atoms with Crippen molar-refractivity contribution in [1.82, 2.24) is 24.8 Å². The predicted molar refractivity (Wildman–Crippen MR) is 88.0 cm³/mol. The van der Waals surface area contributed by atoms with Gasteiger partial charge in [-0.3, -0.25) is 4.79 Å². The summed E-state index contributed by atoms with van der Waals surface area (Å²) >= 11 is 0. The number of carbonyl (C=O) groups is 1. The van der Waals surface area contributed by atoms with E-state index in [0.29, 0.717) is 6.54 Å². The summed E-state index contributed by atoms with van der Waals surface area (Å²) in [5.74, 6) is 1.59. The molecule has 7 nitrogen and oxygen atoms in total. The van der Waals surface area contributed by atoms with E-state index in [-0.39, 0.29) is 18.6 Å². The quantitative estimate of drug-likeness (QED) is 0.874. The number of nitrogens with one attached hydrogen (secondary N) is 1. The number of amides is 1. The maximum Gasteiger partial charge on any atom is 0.240 e. The average molecular weight is 329 g/mol. The molecule has 0 saturated carbocycles. The number of aromatic nitrogens is 4. The van der Waals surface area contributed by atoms with Crippen LogP contribution in [0.2, 0.25) is 0 Å². The highest BCUT2D eigenvalue weighted by Crippen LogP contribution is 2.24. The second-order valence-electron chi connectivity index (χ2n) is 5.91. The maximum absolute atomic E-state index is 12.0. The van der Waals surface area contributed by atoms with E-state index in [1.807, 2.05) is 17.7 Å². The SMILES string of the molecule is CCc1nccn1CC(=O)NCc1cnc([C@@H]2CCCCO2)nc1. The van der Waals surface area contributed by atoms with Crippen LogP contribution in [-0.2, 0) is 29.0 Å². The van der Waals surface area contributed by atoms with Gasteiger partial charge >= 0.3 is 0 Å². The summed E-state index contributed by atoms with van der Waals surface area (Å²) in [4.78, 5) is 25.0. The molecule has 1 fully saturated rings. The summed E-state index contributed by atoms with van der Waals surface area (Å²) in [6.07, 6.45) is 11.1. The Morgan fingerprint density at radius 2 is 2.17 bits per heavy atom. The lowest BCUT2D eigenvalue weighted by Gasteiger charge is -2.21. The summed E-state index contributed by atoms with van der Waals surface area (Å²) < 4.78 is 7.54.